The highest BCUT2D eigenvalue weighted by atomic mass is 32.2. The number of hydrogen-bond acceptors (Lipinski definition) is 8. The first-order chi connectivity index (χ1) is 15.7. The summed E-state index contributed by atoms with van der Waals surface area (Å²) < 4.78 is 12.1. The van der Waals surface area contributed by atoms with E-state index in [9.17, 15) is 9.59 Å². The minimum atomic E-state index is -0.521. The van der Waals surface area contributed by atoms with Crippen molar-refractivity contribution in [2.45, 2.75) is 11.7 Å². The second-order valence-corrected chi connectivity index (χ2v) is 7.53. The van der Waals surface area contributed by atoms with Crippen molar-refractivity contribution in [2.75, 3.05) is 18.2 Å². The minimum absolute atomic E-state index is 0.0683. The van der Waals surface area contributed by atoms with Gasteiger partial charge in [0, 0.05) is 18.0 Å². The zero-order valence-electron chi connectivity index (χ0n) is 17.1. The van der Waals surface area contributed by atoms with Crippen LogP contribution in [-0.2, 0) is 16.1 Å². The number of benzene rings is 1. The average molecular weight is 449 g/mol. The first kappa shape index (κ1) is 21.3. The van der Waals surface area contributed by atoms with E-state index in [2.05, 4.69) is 20.5 Å². The monoisotopic (exact) mass is 449 g/mol. The van der Waals surface area contributed by atoms with Crippen molar-refractivity contribution in [3.05, 3.63) is 78.5 Å². The highest BCUT2D eigenvalue weighted by molar-refractivity contribution is 7.99. The van der Waals surface area contributed by atoms with Crippen molar-refractivity contribution >= 4 is 29.3 Å². The summed E-state index contributed by atoms with van der Waals surface area (Å²) in [6.45, 7) is 0.402. The molecule has 0 fully saturated rings. The standard InChI is InChI=1S/C22H19N5O4S/c1-30-21(29)17-8-2-3-9-18(17)24-19(28)14-32-22-26-25-20(15-6-4-10-23-12-15)27(22)13-16-7-5-11-31-16/h2-12H,13-14H2,1H3,(H,24,28). The van der Waals surface area contributed by atoms with Crippen molar-refractivity contribution in [1.82, 2.24) is 19.7 Å². The maximum Gasteiger partial charge on any atom is 0.339 e. The van der Waals surface area contributed by atoms with E-state index in [1.165, 1.54) is 18.9 Å². The SMILES string of the molecule is COC(=O)c1ccccc1NC(=O)CSc1nnc(-c2cccnc2)n1Cc1ccco1. The van der Waals surface area contributed by atoms with E-state index in [0.717, 1.165) is 11.3 Å². The Labute approximate surface area is 187 Å². The highest BCUT2D eigenvalue weighted by Crippen LogP contribution is 2.25. The third-order valence-corrected chi connectivity index (χ3v) is 5.44. The molecule has 4 aromatic rings. The molecule has 0 radical (unpaired) electrons. The van der Waals surface area contributed by atoms with E-state index in [-0.39, 0.29) is 17.2 Å². The molecule has 162 valence electrons. The molecule has 0 unspecified atom stereocenters. The maximum absolute atomic E-state index is 12.6. The third kappa shape index (κ3) is 4.86. The lowest BCUT2D eigenvalue weighted by atomic mass is 10.2. The van der Waals surface area contributed by atoms with Gasteiger partial charge in [-0.3, -0.25) is 14.3 Å². The molecule has 0 aliphatic rings. The first-order valence-electron chi connectivity index (χ1n) is 9.61. The number of furan rings is 1. The number of nitrogens with one attached hydrogen (secondary N) is 1. The summed E-state index contributed by atoms with van der Waals surface area (Å²) in [5.74, 6) is 0.607. The van der Waals surface area contributed by atoms with E-state index in [1.54, 1.807) is 42.9 Å². The number of carbonyl (C=O) groups excluding carboxylic acids is 2. The van der Waals surface area contributed by atoms with Crippen LogP contribution in [0.3, 0.4) is 0 Å². The fourth-order valence-electron chi connectivity index (χ4n) is 3.00. The van der Waals surface area contributed by atoms with Crippen molar-refractivity contribution in [3.8, 4) is 11.4 Å². The summed E-state index contributed by atoms with van der Waals surface area (Å²) in [6.07, 6.45) is 4.99. The molecule has 0 saturated carbocycles. The van der Waals surface area contributed by atoms with Gasteiger partial charge in [-0.1, -0.05) is 23.9 Å². The zero-order chi connectivity index (χ0) is 22.3. The third-order valence-electron chi connectivity index (χ3n) is 4.47. The molecule has 0 saturated heterocycles. The molecular weight excluding hydrogens is 430 g/mol. The number of ether oxygens (including phenoxy) is 1. The lowest BCUT2D eigenvalue weighted by molar-refractivity contribution is -0.113. The van der Waals surface area contributed by atoms with Gasteiger partial charge >= 0.3 is 5.97 Å². The molecule has 3 aromatic heterocycles. The number of pyridine rings is 1. The fourth-order valence-corrected chi connectivity index (χ4v) is 3.74. The number of carbonyl (C=O) groups is 2. The van der Waals surface area contributed by atoms with E-state index in [0.29, 0.717) is 23.2 Å². The van der Waals surface area contributed by atoms with E-state index in [4.69, 9.17) is 9.15 Å². The molecule has 0 atom stereocenters. The molecule has 9 nitrogen and oxygen atoms in total. The summed E-state index contributed by atoms with van der Waals surface area (Å²) in [5.41, 5.74) is 1.47. The normalized spacial score (nSPS) is 10.7. The number of aromatic nitrogens is 4. The number of nitrogens with zero attached hydrogens (tertiary/aromatic N) is 4. The van der Waals surface area contributed by atoms with Crippen LogP contribution in [0.4, 0.5) is 5.69 Å². The van der Waals surface area contributed by atoms with Gasteiger partial charge in [-0.25, -0.2) is 4.79 Å². The smallest absolute Gasteiger partial charge is 0.339 e. The Morgan fingerprint density at radius 2 is 2.00 bits per heavy atom. The van der Waals surface area contributed by atoms with Gasteiger partial charge < -0.3 is 14.5 Å². The van der Waals surface area contributed by atoms with Crippen LogP contribution in [0.5, 0.6) is 0 Å². The predicted molar refractivity (Wildman–Crippen MR) is 118 cm³/mol. The molecule has 4 rings (SSSR count). The van der Waals surface area contributed by atoms with Crippen LogP contribution < -0.4 is 5.32 Å². The first-order valence-corrected chi connectivity index (χ1v) is 10.6. The van der Waals surface area contributed by atoms with Crippen LogP contribution in [0, 0.1) is 0 Å². The predicted octanol–water partition coefficient (Wildman–Crippen LogP) is 3.50. The van der Waals surface area contributed by atoms with Crippen LogP contribution in [0.1, 0.15) is 16.1 Å². The van der Waals surface area contributed by atoms with Gasteiger partial charge in [0.05, 0.1) is 36.9 Å². The average Bonchev–Trinajstić information content (AvgIpc) is 3.48. The summed E-state index contributed by atoms with van der Waals surface area (Å²) in [7, 11) is 1.29. The van der Waals surface area contributed by atoms with Crippen molar-refractivity contribution in [1.29, 1.82) is 0 Å². The van der Waals surface area contributed by atoms with Crippen LogP contribution in [0.2, 0.25) is 0 Å². The van der Waals surface area contributed by atoms with Crippen molar-refractivity contribution in [3.63, 3.8) is 0 Å². The van der Waals surface area contributed by atoms with Crippen LogP contribution in [0.25, 0.3) is 11.4 Å². The van der Waals surface area contributed by atoms with Gasteiger partial charge in [0.25, 0.3) is 0 Å². The largest absolute Gasteiger partial charge is 0.467 e. The summed E-state index contributed by atoms with van der Waals surface area (Å²) in [6, 6.07) is 14.0. The number of esters is 1. The molecule has 0 bridgehead atoms. The summed E-state index contributed by atoms with van der Waals surface area (Å²) >= 11 is 1.23. The Morgan fingerprint density at radius 1 is 1.12 bits per heavy atom. The van der Waals surface area contributed by atoms with Gasteiger partial charge in [-0.15, -0.1) is 10.2 Å². The zero-order valence-corrected chi connectivity index (χ0v) is 17.9. The highest BCUT2D eigenvalue weighted by Gasteiger charge is 2.18. The maximum atomic E-state index is 12.6. The number of para-hydroxylation sites is 1. The number of anilines is 1. The van der Waals surface area contributed by atoms with Crippen molar-refractivity contribution < 1.29 is 18.7 Å². The van der Waals surface area contributed by atoms with Gasteiger partial charge in [-0.2, -0.15) is 0 Å². The van der Waals surface area contributed by atoms with Gasteiger partial charge in [0.1, 0.15) is 5.76 Å². The molecule has 0 aliphatic carbocycles. The van der Waals surface area contributed by atoms with E-state index in [1.807, 2.05) is 28.8 Å². The second-order valence-electron chi connectivity index (χ2n) is 6.59. The molecule has 1 aromatic carbocycles. The second kappa shape index (κ2) is 9.92. The molecule has 32 heavy (non-hydrogen) atoms. The molecule has 3 heterocycles. The lowest BCUT2D eigenvalue weighted by Gasteiger charge is -2.10. The fraction of sp³-hybridized carbons (Fsp3) is 0.136. The van der Waals surface area contributed by atoms with E-state index >= 15 is 0 Å². The molecule has 10 heteroatoms. The Balaban J connectivity index is 1.52. The van der Waals surface area contributed by atoms with Crippen LogP contribution in [-0.4, -0.2) is 44.5 Å². The topological polar surface area (TPSA) is 112 Å². The van der Waals surface area contributed by atoms with Gasteiger partial charge in [0.2, 0.25) is 5.91 Å². The molecule has 0 aliphatic heterocycles. The summed E-state index contributed by atoms with van der Waals surface area (Å²) in [4.78, 5) is 28.6. The van der Waals surface area contributed by atoms with Crippen molar-refractivity contribution in [2.24, 2.45) is 0 Å². The summed E-state index contributed by atoms with van der Waals surface area (Å²) in [5, 5.41) is 11.9. The Hall–Kier alpha value is -3.92. The number of thioether (sulfide) groups is 1. The van der Waals surface area contributed by atoms with Crippen LogP contribution >= 0.6 is 11.8 Å². The van der Waals surface area contributed by atoms with Gasteiger partial charge in [0.15, 0.2) is 11.0 Å². The number of methoxy groups -OCH3 is 1. The van der Waals surface area contributed by atoms with Crippen LogP contribution in [0.15, 0.2) is 76.8 Å². The quantitative estimate of drug-likeness (QED) is 0.321. The molecule has 1 N–H and O–H groups in total. The minimum Gasteiger partial charge on any atom is -0.467 e. The Bertz CT molecular complexity index is 1210. The molecular formula is C22H19N5O4S. The van der Waals surface area contributed by atoms with Gasteiger partial charge in [-0.05, 0) is 36.4 Å². The Kier molecular flexibility index (Phi) is 6.61. The van der Waals surface area contributed by atoms with E-state index < -0.39 is 5.97 Å². The molecule has 0 spiro atoms. The Morgan fingerprint density at radius 3 is 2.75 bits per heavy atom. The lowest BCUT2D eigenvalue weighted by Crippen LogP contribution is -2.17. The molecule has 1 amide bonds. The number of rotatable bonds is 8. The number of hydrogen-bond donors (Lipinski definition) is 1. The number of amides is 1.